The molecule has 1 fully saturated rings. The highest BCUT2D eigenvalue weighted by atomic mass is 32.1. The van der Waals surface area contributed by atoms with Crippen LogP contribution in [0.1, 0.15) is 16.3 Å². The van der Waals surface area contributed by atoms with Crippen LogP contribution in [0.4, 0.5) is 0 Å². The smallest absolute Gasteiger partial charge is 0.246 e. The largest absolute Gasteiger partial charge is 0.497 e. The van der Waals surface area contributed by atoms with Gasteiger partial charge in [-0.3, -0.25) is 9.69 Å². The van der Waals surface area contributed by atoms with Crippen LogP contribution in [0.15, 0.2) is 46.3 Å². The third kappa shape index (κ3) is 4.77. The Balaban J connectivity index is 1.28. The van der Waals surface area contributed by atoms with Crippen LogP contribution in [-0.4, -0.2) is 59.1 Å². The van der Waals surface area contributed by atoms with E-state index in [9.17, 15) is 4.79 Å². The van der Waals surface area contributed by atoms with Crippen LogP contribution in [-0.2, 0) is 11.3 Å². The number of hydrogen-bond donors (Lipinski definition) is 0. The van der Waals surface area contributed by atoms with E-state index in [1.807, 2.05) is 40.6 Å². The summed E-state index contributed by atoms with van der Waals surface area (Å²) in [6.45, 7) is 5.56. The Bertz CT molecular complexity index is 1020. The fourth-order valence-corrected chi connectivity index (χ4v) is 4.12. The SMILES string of the molecule is COc1ccc(-c2noc(CN3CCN(C(=O)/C=C/c4sccc4C)CC3)n2)cc1. The van der Waals surface area contributed by atoms with E-state index in [1.54, 1.807) is 24.5 Å². The molecule has 7 nitrogen and oxygen atoms in total. The second kappa shape index (κ2) is 9.23. The van der Waals surface area contributed by atoms with Gasteiger partial charge >= 0.3 is 0 Å². The predicted molar refractivity (Wildman–Crippen MR) is 116 cm³/mol. The van der Waals surface area contributed by atoms with E-state index in [0.717, 1.165) is 29.3 Å². The van der Waals surface area contributed by atoms with Gasteiger partial charge in [-0.1, -0.05) is 5.16 Å². The molecule has 30 heavy (non-hydrogen) atoms. The normalized spacial score (nSPS) is 15.1. The molecule has 0 bridgehead atoms. The van der Waals surface area contributed by atoms with Crippen molar-refractivity contribution in [1.82, 2.24) is 19.9 Å². The van der Waals surface area contributed by atoms with Gasteiger partial charge in [0.05, 0.1) is 13.7 Å². The predicted octanol–water partition coefficient (Wildman–Crippen LogP) is 3.47. The van der Waals surface area contributed by atoms with E-state index in [4.69, 9.17) is 9.26 Å². The van der Waals surface area contributed by atoms with Crippen LogP contribution in [0.5, 0.6) is 5.75 Å². The molecule has 1 aliphatic heterocycles. The number of methoxy groups -OCH3 is 1. The molecule has 1 saturated heterocycles. The second-order valence-corrected chi connectivity index (χ2v) is 8.09. The lowest BCUT2D eigenvalue weighted by molar-refractivity contribution is -0.127. The minimum absolute atomic E-state index is 0.0574. The maximum atomic E-state index is 12.5. The Morgan fingerprint density at radius 2 is 1.97 bits per heavy atom. The van der Waals surface area contributed by atoms with Crippen molar-refractivity contribution in [3.05, 3.63) is 58.1 Å². The first kappa shape index (κ1) is 20.3. The van der Waals surface area contributed by atoms with Gasteiger partial charge in [0.25, 0.3) is 0 Å². The maximum absolute atomic E-state index is 12.5. The minimum Gasteiger partial charge on any atom is -0.497 e. The monoisotopic (exact) mass is 424 g/mol. The molecule has 156 valence electrons. The highest BCUT2D eigenvalue weighted by molar-refractivity contribution is 7.11. The molecule has 1 aliphatic rings. The molecule has 4 rings (SSSR count). The van der Waals surface area contributed by atoms with Crippen molar-refractivity contribution in [2.24, 2.45) is 0 Å². The van der Waals surface area contributed by atoms with Gasteiger partial charge in [-0.25, -0.2) is 0 Å². The summed E-state index contributed by atoms with van der Waals surface area (Å²) in [5, 5.41) is 6.12. The average molecular weight is 425 g/mol. The van der Waals surface area contributed by atoms with Crippen LogP contribution >= 0.6 is 11.3 Å². The molecule has 8 heteroatoms. The first-order valence-electron chi connectivity index (χ1n) is 9.83. The minimum atomic E-state index is 0.0574. The summed E-state index contributed by atoms with van der Waals surface area (Å²) in [4.78, 5) is 22.2. The number of piperazine rings is 1. The fraction of sp³-hybridized carbons (Fsp3) is 0.318. The van der Waals surface area contributed by atoms with Gasteiger partial charge in [-0.05, 0) is 54.3 Å². The topological polar surface area (TPSA) is 71.7 Å². The van der Waals surface area contributed by atoms with Crippen molar-refractivity contribution < 1.29 is 14.1 Å². The number of aromatic nitrogens is 2. The Morgan fingerprint density at radius 3 is 2.63 bits per heavy atom. The number of rotatable bonds is 6. The van der Waals surface area contributed by atoms with Crippen LogP contribution < -0.4 is 4.74 Å². The van der Waals surface area contributed by atoms with Crippen molar-refractivity contribution in [2.45, 2.75) is 13.5 Å². The number of carbonyl (C=O) groups is 1. The van der Waals surface area contributed by atoms with E-state index in [0.29, 0.717) is 31.3 Å². The van der Waals surface area contributed by atoms with Gasteiger partial charge in [0.1, 0.15) is 5.75 Å². The number of carbonyl (C=O) groups excluding carboxylic acids is 1. The highest BCUT2D eigenvalue weighted by Crippen LogP contribution is 2.20. The molecule has 0 N–H and O–H groups in total. The van der Waals surface area contributed by atoms with Crippen LogP contribution in [0.25, 0.3) is 17.5 Å². The third-order valence-corrected chi connectivity index (χ3v) is 6.12. The lowest BCUT2D eigenvalue weighted by atomic mass is 10.2. The fourth-order valence-electron chi connectivity index (χ4n) is 3.30. The molecule has 0 unspecified atom stereocenters. The summed E-state index contributed by atoms with van der Waals surface area (Å²) in [7, 11) is 1.63. The Labute approximate surface area is 179 Å². The molecule has 0 radical (unpaired) electrons. The number of amides is 1. The van der Waals surface area contributed by atoms with Crippen molar-refractivity contribution in [1.29, 1.82) is 0 Å². The van der Waals surface area contributed by atoms with E-state index >= 15 is 0 Å². The summed E-state index contributed by atoms with van der Waals surface area (Å²) in [5.74, 6) is 1.99. The van der Waals surface area contributed by atoms with Gasteiger partial charge in [0.15, 0.2) is 0 Å². The van der Waals surface area contributed by atoms with Gasteiger partial charge < -0.3 is 14.2 Å². The second-order valence-electron chi connectivity index (χ2n) is 7.14. The summed E-state index contributed by atoms with van der Waals surface area (Å²) < 4.78 is 10.6. The molecule has 0 spiro atoms. The van der Waals surface area contributed by atoms with Crippen LogP contribution in [0.3, 0.4) is 0 Å². The molecule has 3 aromatic rings. The van der Waals surface area contributed by atoms with Crippen molar-refractivity contribution in [3.63, 3.8) is 0 Å². The van der Waals surface area contributed by atoms with Crippen molar-refractivity contribution in [3.8, 4) is 17.1 Å². The summed E-state index contributed by atoms with van der Waals surface area (Å²) >= 11 is 1.65. The first-order chi connectivity index (χ1) is 14.6. The Hall–Kier alpha value is -2.97. The van der Waals surface area contributed by atoms with E-state index in [-0.39, 0.29) is 5.91 Å². The van der Waals surface area contributed by atoms with Gasteiger partial charge in [-0.2, -0.15) is 4.98 Å². The number of benzene rings is 1. The Kier molecular flexibility index (Phi) is 6.25. The van der Waals surface area contributed by atoms with E-state index in [2.05, 4.69) is 28.0 Å². The van der Waals surface area contributed by atoms with Gasteiger partial charge in [0.2, 0.25) is 17.6 Å². The Morgan fingerprint density at radius 1 is 1.20 bits per heavy atom. The zero-order chi connectivity index (χ0) is 20.9. The molecule has 3 heterocycles. The van der Waals surface area contributed by atoms with Crippen molar-refractivity contribution >= 4 is 23.3 Å². The number of hydrogen-bond acceptors (Lipinski definition) is 7. The summed E-state index contributed by atoms with van der Waals surface area (Å²) in [6.07, 6.45) is 3.58. The molecular weight excluding hydrogens is 400 g/mol. The van der Waals surface area contributed by atoms with Gasteiger partial charge in [-0.15, -0.1) is 11.3 Å². The lowest BCUT2D eigenvalue weighted by Crippen LogP contribution is -2.47. The number of aryl methyl sites for hydroxylation is 1. The molecule has 1 aromatic carbocycles. The molecular formula is C22H24N4O3S. The number of thiophene rings is 1. The number of ether oxygens (including phenoxy) is 1. The molecule has 0 aliphatic carbocycles. The zero-order valence-electron chi connectivity index (χ0n) is 17.1. The summed E-state index contributed by atoms with van der Waals surface area (Å²) in [5.41, 5.74) is 2.08. The highest BCUT2D eigenvalue weighted by Gasteiger charge is 2.21. The van der Waals surface area contributed by atoms with E-state index < -0.39 is 0 Å². The average Bonchev–Trinajstić information content (AvgIpc) is 3.41. The van der Waals surface area contributed by atoms with Crippen LogP contribution in [0.2, 0.25) is 0 Å². The standard InChI is InChI=1S/C22H24N4O3S/c1-16-9-14-30-19(16)7-8-21(27)26-12-10-25(11-13-26)15-20-23-22(24-29-20)17-3-5-18(28-2)6-4-17/h3-9,14H,10-13,15H2,1-2H3/b8-7+. The van der Waals surface area contributed by atoms with E-state index in [1.165, 1.54) is 5.56 Å². The lowest BCUT2D eigenvalue weighted by Gasteiger charge is -2.33. The maximum Gasteiger partial charge on any atom is 0.246 e. The quantitative estimate of drug-likeness (QED) is 0.564. The van der Waals surface area contributed by atoms with Gasteiger partial charge in [0, 0.05) is 42.7 Å². The molecule has 0 saturated carbocycles. The molecule has 0 atom stereocenters. The molecule has 2 aromatic heterocycles. The third-order valence-electron chi connectivity index (χ3n) is 5.14. The first-order valence-corrected chi connectivity index (χ1v) is 10.7. The zero-order valence-corrected chi connectivity index (χ0v) is 17.9. The van der Waals surface area contributed by atoms with Crippen molar-refractivity contribution in [2.75, 3.05) is 33.3 Å². The summed E-state index contributed by atoms with van der Waals surface area (Å²) in [6, 6.07) is 9.61. The molecule has 1 amide bonds. The van der Waals surface area contributed by atoms with Crippen LogP contribution in [0, 0.1) is 6.92 Å². The number of nitrogens with zero attached hydrogens (tertiary/aromatic N) is 4.